The van der Waals surface area contributed by atoms with Gasteiger partial charge in [0.1, 0.15) is 21.7 Å². The number of aromatic nitrogens is 11. The van der Waals surface area contributed by atoms with Gasteiger partial charge in [-0.2, -0.15) is 13.2 Å². The van der Waals surface area contributed by atoms with E-state index in [0.29, 0.717) is 56.5 Å². The van der Waals surface area contributed by atoms with Crippen molar-refractivity contribution in [3.8, 4) is 67.7 Å². The number of halogens is 7. The predicted octanol–water partition coefficient (Wildman–Crippen LogP) is 23.9. The maximum absolute atomic E-state index is 14.5. The fourth-order valence-electron chi connectivity index (χ4n) is 14.4. The zero-order valence-corrected chi connectivity index (χ0v) is 85.4. The second-order valence-electron chi connectivity index (χ2n) is 30.9. The van der Waals surface area contributed by atoms with Crippen LogP contribution in [0.25, 0.3) is 56.2 Å². The zero-order valence-electron chi connectivity index (χ0n) is 76.1. The second kappa shape index (κ2) is 55.2. The van der Waals surface area contributed by atoms with Gasteiger partial charge in [-0.15, -0.1) is 0 Å². The largest absolute Gasteiger partial charge is 0.493 e. The average Bonchev–Trinajstić information content (AvgIpc) is 0.802. The van der Waals surface area contributed by atoms with Crippen molar-refractivity contribution in [2.75, 3.05) is 35.5 Å². The molecule has 1 aromatic carbocycles. The molecule has 11 heterocycles. The summed E-state index contributed by atoms with van der Waals surface area (Å²) in [6.07, 6.45) is 32.9. The molecule has 12 aromatic rings. The zero-order chi connectivity index (χ0) is 94.0. The Morgan fingerprint density at radius 3 is 1.16 bits per heavy atom. The summed E-state index contributed by atoms with van der Waals surface area (Å²) in [4.78, 5) is 92.9. The molecule has 0 bridgehead atoms. The quantitative estimate of drug-likeness (QED) is 0.01000. The van der Waals surface area contributed by atoms with Crippen LogP contribution >= 0.6 is 45.8 Å². The Balaban J connectivity index is 0.000000217. The number of benzene rings is 1. The van der Waals surface area contributed by atoms with Crippen LogP contribution in [0.2, 0.25) is 36.9 Å². The summed E-state index contributed by atoms with van der Waals surface area (Å²) >= 11 is 8.66. The summed E-state index contributed by atoms with van der Waals surface area (Å²) in [5.41, 5.74) is 9.19. The van der Waals surface area contributed by atoms with Crippen molar-refractivity contribution in [3.05, 3.63) is 277 Å². The van der Waals surface area contributed by atoms with Crippen LogP contribution in [0.1, 0.15) is 188 Å². The minimum Gasteiger partial charge on any atom is -0.493 e. The maximum atomic E-state index is 14.5. The van der Waals surface area contributed by atoms with E-state index in [-0.39, 0.29) is 62.1 Å². The van der Waals surface area contributed by atoms with Gasteiger partial charge in [0.25, 0.3) is 5.91 Å². The van der Waals surface area contributed by atoms with E-state index in [4.69, 9.17) is 42.4 Å². The van der Waals surface area contributed by atoms with Crippen molar-refractivity contribution in [2.24, 2.45) is 0 Å². The molecule has 0 atom stereocenters. The fourth-order valence-corrected chi connectivity index (χ4v) is 46.8. The number of unbranched alkanes of at least 4 members (excludes halogenated alkanes) is 6. The van der Waals surface area contributed by atoms with Gasteiger partial charge < -0.3 is 29.0 Å². The van der Waals surface area contributed by atoms with Crippen molar-refractivity contribution >= 4 is 114 Å². The number of aryl methyl sites for hydroxylation is 4. The number of amides is 1. The molecule has 0 unspecified atom stereocenters. The summed E-state index contributed by atoms with van der Waals surface area (Å²) in [5.74, 6) is -2.90. The van der Waals surface area contributed by atoms with Gasteiger partial charge in [-0.1, -0.05) is 41.4 Å². The number of hydrogen-bond donors (Lipinski definition) is 1. The average molecular weight is 2130 g/mol. The molecule has 0 radical (unpaired) electrons. The molecule has 12 rings (SSSR count). The van der Waals surface area contributed by atoms with Crippen molar-refractivity contribution in [2.45, 2.75) is 179 Å². The Hall–Kier alpha value is -10.0. The van der Waals surface area contributed by atoms with Gasteiger partial charge in [0.05, 0.1) is 69.2 Å². The number of pyridine rings is 11. The molecule has 0 saturated heterocycles. The Morgan fingerprint density at radius 2 is 0.752 bits per heavy atom. The molecule has 0 aliphatic carbocycles. The van der Waals surface area contributed by atoms with Crippen LogP contribution < -0.4 is 22.1 Å². The van der Waals surface area contributed by atoms with Crippen LogP contribution in [0.3, 0.4) is 0 Å². The Morgan fingerprint density at radius 1 is 0.380 bits per heavy atom. The van der Waals surface area contributed by atoms with Crippen LogP contribution in [0.4, 0.5) is 17.6 Å². The van der Waals surface area contributed by atoms with E-state index in [1.54, 1.807) is 129 Å². The van der Waals surface area contributed by atoms with Gasteiger partial charge in [-0.25, -0.2) is 39.3 Å². The minimum absolute atomic E-state index is 0.0108. The summed E-state index contributed by atoms with van der Waals surface area (Å²) in [6, 6.07) is 36.0. The predicted molar refractivity (Wildman–Crippen MR) is 517 cm³/mol. The summed E-state index contributed by atoms with van der Waals surface area (Å²) in [6.45, 7) is 21.5. The van der Waals surface area contributed by atoms with E-state index < -0.39 is 72.5 Å². The van der Waals surface area contributed by atoms with Gasteiger partial charge in [0.15, 0.2) is 11.5 Å². The second-order valence-corrected chi connectivity index (χ2v) is 59.0. The number of esters is 3. The monoisotopic (exact) mass is 2130 g/mol. The molecule has 0 aliphatic rings. The van der Waals surface area contributed by atoms with Gasteiger partial charge >= 0.3 is 277 Å². The molecule has 129 heavy (non-hydrogen) atoms. The first kappa shape index (κ1) is 106. The molecule has 1 N–H and O–H groups in total. The minimum atomic E-state index is -2.64. The number of ether oxygens (including phenoxy) is 5. The Kier molecular flexibility index (Phi) is 45.4. The van der Waals surface area contributed by atoms with Crippen LogP contribution in [-0.2, 0) is 20.8 Å². The summed E-state index contributed by atoms with van der Waals surface area (Å²) in [7, 11) is 6.94. The molecular formula is C99H115Cl2F4IN12O9Sn2. The number of rotatable bonds is 33. The van der Waals surface area contributed by atoms with Gasteiger partial charge in [-0.3, -0.25) is 24.7 Å². The molecule has 1 amide bonds. The molecule has 0 aliphatic heterocycles. The standard InChI is InChI=1S/C26H23FN4O3.C18H14FN3O2.C13H10ClFN2O2.C7H5ClINO2.C6H5FN.C5H4N.6C4H9.2Sn/c1-16-10-19(25(27)30-13-16)18-12-20(24(29-15-18)21-6-4-5-9-28-21)26(32)31-14-17-7-8-22(33-2)23(11-17)34-3;1-11-7-13(17(19)22-9-11)12-8-14(18(23)24-2)16(21-10-12)15-5-3-4-6-20-15;1-7-3-9(12(15)17-5-7)8-4-10(13(18)19-2)11(14)16-6-8;1-12-7(11)5-2-4(9)3-10-6(5)8;1-5-2-3-6(7)8-4-5;1-2-4-6-5-3-1;6*1-3-4-2;;/h4-13,15H,14H2,1-3H3,(H,31,32);3-10H,1-2H3;3-6H,1-2H3;2-3H,1H3;2,4H,1H3;1-4H;6*1,3-4H2,2H3;;. The summed E-state index contributed by atoms with van der Waals surface area (Å²) < 4.78 is 93.1. The van der Waals surface area contributed by atoms with Crippen molar-refractivity contribution in [1.82, 2.24) is 60.1 Å². The number of nitrogens with zero attached hydrogens (tertiary/aromatic N) is 11. The third-order valence-corrected chi connectivity index (χ3v) is 53.1. The topological polar surface area (TPSA) is 268 Å². The molecule has 30 heteroatoms. The van der Waals surface area contributed by atoms with Crippen LogP contribution in [0.15, 0.2) is 189 Å². The molecule has 682 valence electrons. The molecule has 0 spiro atoms. The van der Waals surface area contributed by atoms with Crippen molar-refractivity contribution in [1.29, 1.82) is 0 Å². The third-order valence-electron chi connectivity index (χ3n) is 21.3. The molecule has 11 aromatic heterocycles. The molecule has 21 nitrogen and oxygen atoms in total. The van der Waals surface area contributed by atoms with Gasteiger partial charge in [-0.05, 0) is 144 Å². The molecule has 0 fully saturated rings. The van der Waals surface area contributed by atoms with Crippen molar-refractivity contribution < 1.29 is 60.4 Å². The first-order valence-electron chi connectivity index (χ1n) is 43.1. The van der Waals surface area contributed by atoms with E-state index in [9.17, 15) is 36.7 Å². The molecular weight excluding hydrogens is 2010 g/mol. The van der Waals surface area contributed by atoms with Crippen LogP contribution in [-0.4, -0.2) is 151 Å². The first-order valence-corrected chi connectivity index (χ1v) is 59.9. The maximum Gasteiger partial charge on any atom is 0.341 e. The normalized spacial score (nSPS) is 10.8. The first-order chi connectivity index (χ1) is 62.1. The van der Waals surface area contributed by atoms with Crippen molar-refractivity contribution in [3.63, 3.8) is 0 Å². The van der Waals surface area contributed by atoms with Crippen LogP contribution in [0, 0.1) is 55.1 Å². The Bertz CT molecular complexity index is 5570. The third kappa shape index (κ3) is 31.6. The van der Waals surface area contributed by atoms with Crippen LogP contribution in [0.5, 0.6) is 11.5 Å². The van der Waals surface area contributed by atoms with E-state index in [2.05, 4.69) is 130 Å². The fraction of sp³-hybridized carbons (Fsp3) is 0.343. The summed E-state index contributed by atoms with van der Waals surface area (Å²) in [5, 5.41) is 3.09. The number of methoxy groups -OCH3 is 5. The smallest absolute Gasteiger partial charge is 0.341 e. The van der Waals surface area contributed by atoms with E-state index in [0.717, 1.165) is 35.0 Å². The number of carbonyl (C=O) groups is 4. The SMILES string of the molecule is CCC[CH2][Sn]([CH2]CCC)([CH2]CCC)[c]1cc(C)cnc1F.CCC[CH2][Sn]([CH2]CCC)([CH2]CCC)[c]1ccccn1.COC(=O)c1cc(-c2cc(C)cnc2F)cnc1-c1ccccn1.COC(=O)c1cc(-c2cc(C)cnc2F)cnc1Cl.COC(=O)c1cc(I)cnc1Cl.COc1ccc(CNC(=O)c2cc(-c3cc(C)cnc3F)cnc2-c2ccccn2)cc1OC. The van der Waals surface area contributed by atoms with E-state index >= 15 is 0 Å². The number of hydrogen-bond acceptors (Lipinski definition) is 20. The molecule has 0 saturated carbocycles. The van der Waals surface area contributed by atoms with E-state index in [1.165, 1.54) is 168 Å². The number of nitrogens with one attached hydrogen (secondary N) is 1. The van der Waals surface area contributed by atoms with Gasteiger partial charge in [0, 0.05) is 99.3 Å². The van der Waals surface area contributed by atoms with Gasteiger partial charge in [0.2, 0.25) is 17.8 Å². The number of carbonyl (C=O) groups excluding carboxylic acids is 4. The van der Waals surface area contributed by atoms with E-state index in [1.807, 2.05) is 61.7 Å². The Labute approximate surface area is 787 Å².